The third-order valence-electron chi connectivity index (χ3n) is 2.24. The molecule has 0 aromatic carbocycles. The van der Waals surface area contributed by atoms with E-state index in [1.54, 1.807) is 0 Å². The van der Waals surface area contributed by atoms with Crippen LogP contribution in [-0.2, 0) is 30.4 Å². The summed E-state index contributed by atoms with van der Waals surface area (Å²) in [5, 5.41) is 0. The Labute approximate surface area is 171 Å². The average molecular weight is 526 g/mol. The van der Waals surface area contributed by atoms with E-state index in [1.807, 2.05) is 20.8 Å². The first-order valence-corrected chi connectivity index (χ1v) is 12.2. The summed E-state index contributed by atoms with van der Waals surface area (Å²) in [6.07, 6.45) is 3.69. The second-order valence-corrected chi connectivity index (χ2v) is 9.42. The fourth-order valence-corrected chi connectivity index (χ4v) is 2.89. The van der Waals surface area contributed by atoms with Gasteiger partial charge in [0.1, 0.15) is 0 Å². The molecule has 0 aliphatic carbocycles. The molecule has 0 amide bonds. The molecule has 0 radical (unpaired) electrons. The molecule has 0 spiro atoms. The maximum absolute atomic E-state index is 9.83. The summed E-state index contributed by atoms with van der Waals surface area (Å²) in [5.41, 5.74) is 0. The Balaban J connectivity index is -0.000000130. The van der Waals surface area contributed by atoms with E-state index in [0.29, 0.717) is 19.3 Å². The van der Waals surface area contributed by atoms with Gasteiger partial charge < -0.3 is 13.7 Å². The van der Waals surface area contributed by atoms with E-state index in [4.69, 9.17) is 0 Å². The van der Waals surface area contributed by atoms with Gasteiger partial charge in [0.15, 0.2) is 0 Å². The molecule has 9 nitrogen and oxygen atoms in total. The van der Waals surface area contributed by atoms with Gasteiger partial charge in [-0.1, -0.05) is 40.0 Å². The van der Waals surface area contributed by atoms with Gasteiger partial charge in [0, 0.05) is 17.3 Å². The predicted octanol–water partition coefficient (Wildman–Crippen LogP) is 0.614. The van der Waals surface area contributed by atoms with Gasteiger partial charge in [0.2, 0.25) is 0 Å². The van der Waals surface area contributed by atoms with Gasteiger partial charge in [0.25, 0.3) is 0 Å². The van der Waals surface area contributed by atoms with Crippen LogP contribution in [0.25, 0.3) is 0 Å². The van der Waals surface area contributed by atoms with Crippen LogP contribution in [0.1, 0.15) is 59.3 Å². The molecule has 0 rings (SSSR count). The van der Waals surface area contributed by atoms with Crippen LogP contribution in [0.4, 0.5) is 0 Å². The number of hydrogen-bond donors (Lipinski definition) is 0. The van der Waals surface area contributed by atoms with Gasteiger partial charge in [-0.05, 0) is 19.3 Å². The third kappa shape index (κ3) is 51.6. The van der Waals surface area contributed by atoms with Gasteiger partial charge >= 0.3 is 25.8 Å². The van der Waals surface area contributed by atoms with Crippen molar-refractivity contribution in [2.75, 3.05) is 17.3 Å². The molecule has 0 saturated carbocycles. The molecule has 0 fully saturated rings. The van der Waals surface area contributed by atoms with Gasteiger partial charge in [-0.3, -0.25) is 0 Å². The SMILES string of the molecule is CCCCS(=O)(=O)[O-].CCCCS(=O)(=O)[O-].CCCCS(=O)(=O)[O-].[In+3]. The second-order valence-electron chi connectivity index (χ2n) is 4.85. The molecular formula is C12H27InO9S3. The summed E-state index contributed by atoms with van der Waals surface area (Å²) in [7, 11) is -11.8. The van der Waals surface area contributed by atoms with Crippen molar-refractivity contribution >= 4 is 56.2 Å². The molecule has 0 unspecified atom stereocenters. The molecule has 0 aliphatic heterocycles. The van der Waals surface area contributed by atoms with E-state index in [9.17, 15) is 38.9 Å². The predicted molar refractivity (Wildman–Crippen MR) is 94.2 cm³/mol. The van der Waals surface area contributed by atoms with Crippen LogP contribution in [0.15, 0.2) is 0 Å². The Kier molecular flexibility index (Phi) is 23.9. The van der Waals surface area contributed by atoms with Crippen LogP contribution in [-0.4, -0.2) is 82.0 Å². The molecule has 0 aromatic heterocycles. The molecule has 0 atom stereocenters. The minimum Gasteiger partial charge on any atom is -0.748 e. The van der Waals surface area contributed by atoms with Crippen molar-refractivity contribution in [1.82, 2.24) is 0 Å². The van der Waals surface area contributed by atoms with E-state index in [-0.39, 0.29) is 43.1 Å². The molecular weight excluding hydrogens is 499 g/mol. The maximum Gasteiger partial charge on any atom is 3.00 e. The Morgan fingerprint density at radius 2 is 0.680 bits per heavy atom. The molecule has 0 heterocycles. The van der Waals surface area contributed by atoms with Crippen molar-refractivity contribution in [2.24, 2.45) is 0 Å². The molecule has 0 N–H and O–H groups in total. The summed E-state index contributed by atoms with van der Waals surface area (Å²) in [4.78, 5) is 0. The Bertz CT molecular complexity index is 498. The molecule has 0 aliphatic rings. The molecule has 0 bridgehead atoms. The zero-order chi connectivity index (χ0) is 19.9. The number of hydrogen-bond acceptors (Lipinski definition) is 9. The monoisotopic (exact) mass is 526 g/mol. The summed E-state index contributed by atoms with van der Waals surface area (Å²) >= 11 is 0. The van der Waals surface area contributed by atoms with Crippen LogP contribution >= 0.6 is 0 Å². The number of rotatable bonds is 9. The van der Waals surface area contributed by atoms with Crippen LogP contribution in [0.2, 0.25) is 0 Å². The Morgan fingerprint density at radius 1 is 0.520 bits per heavy atom. The fraction of sp³-hybridized carbons (Fsp3) is 1.00. The van der Waals surface area contributed by atoms with Crippen molar-refractivity contribution < 1.29 is 38.9 Å². The maximum atomic E-state index is 9.83. The molecule has 0 saturated heterocycles. The van der Waals surface area contributed by atoms with Gasteiger partial charge in [-0.25, -0.2) is 25.3 Å². The van der Waals surface area contributed by atoms with Crippen molar-refractivity contribution in [3.63, 3.8) is 0 Å². The Morgan fingerprint density at radius 3 is 0.720 bits per heavy atom. The summed E-state index contributed by atoms with van der Waals surface area (Å²) in [5.74, 6) is -0.656. The molecule has 25 heavy (non-hydrogen) atoms. The third-order valence-corrected chi connectivity index (χ3v) is 4.61. The first kappa shape index (κ1) is 33.2. The zero-order valence-corrected chi connectivity index (χ0v) is 20.6. The Hall–Kier alpha value is 0.600. The van der Waals surface area contributed by atoms with Crippen molar-refractivity contribution in [1.29, 1.82) is 0 Å². The minimum atomic E-state index is -3.94. The van der Waals surface area contributed by atoms with Crippen LogP contribution in [0.3, 0.4) is 0 Å². The number of unbranched alkanes of at least 4 members (excludes halogenated alkanes) is 3. The molecule has 13 heteroatoms. The van der Waals surface area contributed by atoms with Crippen LogP contribution in [0, 0.1) is 0 Å². The van der Waals surface area contributed by atoms with Gasteiger partial charge in [-0.15, -0.1) is 0 Å². The largest absolute Gasteiger partial charge is 3.00 e. The smallest absolute Gasteiger partial charge is 0.748 e. The van der Waals surface area contributed by atoms with E-state index >= 15 is 0 Å². The van der Waals surface area contributed by atoms with Crippen molar-refractivity contribution in [2.45, 2.75) is 59.3 Å². The van der Waals surface area contributed by atoms with E-state index in [1.165, 1.54) is 0 Å². The second kappa shape index (κ2) is 18.0. The van der Waals surface area contributed by atoms with E-state index < -0.39 is 30.4 Å². The van der Waals surface area contributed by atoms with Gasteiger partial charge in [0.05, 0.1) is 30.4 Å². The molecule has 0 aromatic rings. The quantitative estimate of drug-likeness (QED) is 0.390. The van der Waals surface area contributed by atoms with Crippen LogP contribution < -0.4 is 0 Å². The fourth-order valence-electron chi connectivity index (χ4n) is 0.963. The van der Waals surface area contributed by atoms with E-state index in [2.05, 4.69) is 0 Å². The summed E-state index contributed by atoms with van der Waals surface area (Å²) in [6, 6.07) is 0. The summed E-state index contributed by atoms with van der Waals surface area (Å²) < 4.78 is 88.5. The van der Waals surface area contributed by atoms with Crippen molar-refractivity contribution in [3.05, 3.63) is 0 Å². The molecule has 150 valence electrons. The van der Waals surface area contributed by atoms with Crippen LogP contribution in [0.5, 0.6) is 0 Å². The standard InChI is InChI=1S/3C4H10O3S.In/c3*1-2-3-4-8(5,6)7;/h3*2-4H2,1H3,(H,5,6,7);/q;;;+3/p-3. The first-order valence-electron chi connectivity index (χ1n) is 7.49. The normalized spacial score (nSPS) is 11.3. The average Bonchev–Trinajstić information content (AvgIpc) is 2.39. The van der Waals surface area contributed by atoms with E-state index in [0.717, 1.165) is 19.3 Å². The minimum absolute atomic E-state index is 0. The zero-order valence-electron chi connectivity index (χ0n) is 14.8. The first-order chi connectivity index (χ1) is 10.7. The topological polar surface area (TPSA) is 172 Å². The summed E-state index contributed by atoms with van der Waals surface area (Å²) in [6.45, 7) is 5.52. The van der Waals surface area contributed by atoms with Crippen molar-refractivity contribution in [3.8, 4) is 0 Å². The van der Waals surface area contributed by atoms with Gasteiger partial charge in [-0.2, -0.15) is 0 Å².